The third-order valence-electron chi connectivity index (χ3n) is 5.70. The number of nitrogens with one attached hydrogen (secondary N) is 1. The summed E-state index contributed by atoms with van der Waals surface area (Å²) in [5, 5.41) is 9.75. The van der Waals surface area contributed by atoms with Crippen LogP contribution in [0.4, 0.5) is 10.1 Å². The number of carbonyl (C=O) groups is 2. The van der Waals surface area contributed by atoms with Crippen molar-refractivity contribution in [2.45, 2.75) is 24.1 Å². The van der Waals surface area contributed by atoms with Gasteiger partial charge in [-0.15, -0.1) is 0 Å². The fourth-order valence-electron chi connectivity index (χ4n) is 3.96. The van der Waals surface area contributed by atoms with Gasteiger partial charge in [0.05, 0.1) is 11.8 Å². The average Bonchev–Trinajstić information content (AvgIpc) is 3.46. The summed E-state index contributed by atoms with van der Waals surface area (Å²) in [6.45, 7) is 0. The van der Waals surface area contributed by atoms with Gasteiger partial charge in [-0.3, -0.25) is 9.59 Å². The zero-order valence-corrected chi connectivity index (χ0v) is 20.0. The lowest BCUT2D eigenvalue weighted by Crippen LogP contribution is -2.25. The van der Waals surface area contributed by atoms with Crippen molar-refractivity contribution >= 4 is 51.7 Å². The second kappa shape index (κ2) is 10.0. The average molecular weight is 507 g/mol. The standard InChI is InChI=1S/C26H20ClFN4O2S/c27-18-8-6-16(7-9-18)21-14-22(17-4-2-1-3-5-17)32(31-21)26-30-25(34)23(35-26)15-24(33)29-20-12-10-19(28)11-13-20/h1-13,22-23H,14-15H2,(H,29,33). The predicted octanol–water partition coefficient (Wildman–Crippen LogP) is 5.66. The molecule has 0 spiro atoms. The van der Waals surface area contributed by atoms with Gasteiger partial charge in [0.2, 0.25) is 5.91 Å². The third-order valence-corrected chi connectivity index (χ3v) is 7.09. The van der Waals surface area contributed by atoms with E-state index < -0.39 is 5.25 Å². The first-order valence-electron chi connectivity index (χ1n) is 11.0. The Bertz CT molecular complexity index is 1310. The summed E-state index contributed by atoms with van der Waals surface area (Å²) >= 11 is 7.28. The Balaban J connectivity index is 1.33. The van der Waals surface area contributed by atoms with Crippen molar-refractivity contribution in [3.05, 3.63) is 101 Å². The number of nitrogens with zero attached hydrogens (tertiary/aromatic N) is 3. The first-order valence-corrected chi connectivity index (χ1v) is 12.2. The van der Waals surface area contributed by atoms with Crippen LogP contribution in [0.25, 0.3) is 0 Å². The maximum Gasteiger partial charge on any atom is 0.262 e. The number of rotatable bonds is 5. The fraction of sp³-hybridized carbons (Fsp3) is 0.154. The van der Waals surface area contributed by atoms with E-state index in [1.807, 2.05) is 54.6 Å². The van der Waals surface area contributed by atoms with Crippen LogP contribution in [0.1, 0.15) is 30.0 Å². The lowest BCUT2D eigenvalue weighted by Gasteiger charge is -2.23. The molecule has 0 aliphatic carbocycles. The molecule has 0 bridgehead atoms. The number of amidine groups is 1. The lowest BCUT2D eigenvalue weighted by atomic mass is 9.99. The summed E-state index contributed by atoms with van der Waals surface area (Å²) in [6.07, 6.45) is 0.584. The van der Waals surface area contributed by atoms with Crippen molar-refractivity contribution in [3.63, 3.8) is 0 Å². The van der Waals surface area contributed by atoms with Crippen molar-refractivity contribution in [3.8, 4) is 0 Å². The third kappa shape index (κ3) is 5.28. The van der Waals surface area contributed by atoms with E-state index in [2.05, 4.69) is 10.3 Å². The van der Waals surface area contributed by atoms with E-state index >= 15 is 0 Å². The monoisotopic (exact) mass is 506 g/mol. The van der Waals surface area contributed by atoms with E-state index in [1.165, 1.54) is 36.0 Å². The topological polar surface area (TPSA) is 74.1 Å². The second-order valence-electron chi connectivity index (χ2n) is 8.13. The van der Waals surface area contributed by atoms with Gasteiger partial charge < -0.3 is 5.32 Å². The van der Waals surface area contributed by atoms with E-state index in [0.717, 1.165) is 16.8 Å². The molecule has 0 fully saturated rings. The quantitative estimate of drug-likeness (QED) is 0.484. The highest BCUT2D eigenvalue weighted by Gasteiger charge is 2.39. The van der Waals surface area contributed by atoms with Crippen molar-refractivity contribution in [1.29, 1.82) is 0 Å². The lowest BCUT2D eigenvalue weighted by molar-refractivity contribution is -0.121. The molecule has 2 heterocycles. The number of thioether (sulfide) groups is 1. The van der Waals surface area contributed by atoms with E-state index in [-0.39, 0.29) is 30.1 Å². The highest BCUT2D eigenvalue weighted by Crippen LogP contribution is 2.38. The Morgan fingerprint density at radius 1 is 1.06 bits per heavy atom. The van der Waals surface area contributed by atoms with Crippen LogP contribution >= 0.6 is 23.4 Å². The van der Waals surface area contributed by atoms with Crippen LogP contribution in [0.3, 0.4) is 0 Å². The minimum absolute atomic E-state index is 0.0501. The van der Waals surface area contributed by atoms with Gasteiger partial charge in [-0.1, -0.05) is 65.8 Å². The van der Waals surface area contributed by atoms with Crippen LogP contribution in [0.5, 0.6) is 0 Å². The van der Waals surface area contributed by atoms with Gasteiger partial charge in [0.25, 0.3) is 5.91 Å². The summed E-state index contributed by atoms with van der Waals surface area (Å²) in [5.41, 5.74) is 3.33. The molecular weight excluding hydrogens is 487 g/mol. The maximum absolute atomic E-state index is 13.1. The molecular formula is C26H20ClFN4O2S. The van der Waals surface area contributed by atoms with Crippen LogP contribution in [-0.2, 0) is 9.59 Å². The fourth-order valence-corrected chi connectivity index (χ4v) is 5.14. The molecule has 0 aromatic heterocycles. The minimum Gasteiger partial charge on any atom is -0.326 e. The molecule has 0 radical (unpaired) electrons. The predicted molar refractivity (Wildman–Crippen MR) is 137 cm³/mol. The van der Waals surface area contributed by atoms with Crippen molar-refractivity contribution < 1.29 is 14.0 Å². The number of halogens is 2. The molecule has 0 saturated carbocycles. The van der Waals surface area contributed by atoms with Crippen molar-refractivity contribution in [1.82, 2.24) is 5.01 Å². The van der Waals surface area contributed by atoms with Gasteiger partial charge in [0.15, 0.2) is 5.17 Å². The van der Waals surface area contributed by atoms with Crippen LogP contribution in [0, 0.1) is 5.82 Å². The van der Waals surface area contributed by atoms with Gasteiger partial charge in [-0.25, -0.2) is 9.40 Å². The number of anilines is 1. The highest BCUT2D eigenvalue weighted by molar-refractivity contribution is 8.15. The molecule has 0 saturated heterocycles. The van der Waals surface area contributed by atoms with E-state index in [0.29, 0.717) is 22.3 Å². The molecule has 2 atom stereocenters. The molecule has 2 aliphatic heterocycles. The molecule has 6 nitrogen and oxygen atoms in total. The number of benzene rings is 3. The summed E-state index contributed by atoms with van der Waals surface area (Å²) in [5.74, 6) is -1.11. The zero-order chi connectivity index (χ0) is 24.4. The van der Waals surface area contributed by atoms with Crippen molar-refractivity contribution in [2.75, 3.05) is 5.32 Å². The summed E-state index contributed by atoms with van der Waals surface area (Å²) in [7, 11) is 0. The first-order chi connectivity index (χ1) is 17.0. The first kappa shape index (κ1) is 23.3. The SMILES string of the molecule is O=C(CC1SC(N2N=C(c3ccc(Cl)cc3)CC2c2ccccc2)=NC1=O)Nc1ccc(F)cc1. The maximum atomic E-state index is 13.1. The number of hydrazone groups is 1. The molecule has 1 N–H and O–H groups in total. The molecule has 3 aromatic rings. The Morgan fingerprint density at radius 3 is 2.49 bits per heavy atom. The molecule has 9 heteroatoms. The molecule has 2 aliphatic rings. The molecule has 2 amide bonds. The Morgan fingerprint density at radius 2 is 1.77 bits per heavy atom. The number of aliphatic imine (C=N–C) groups is 1. The molecule has 176 valence electrons. The van der Waals surface area contributed by atoms with Crippen LogP contribution < -0.4 is 5.32 Å². The Labute approximate surface area is 210 Å². The summed E-state index contributed by atoms with van der Waals surface area (Å²) < 4.78 is 13.1. The highest BCUT2D eigenvalue weighted by atomic mass is 35.5. The van der Waals surface area contributed by atoms with Gasteiger partial charge in [-0.05, 0) is 47.5 Å². The smallest absolute Gasteiger partial charge is 0.262 e. The van der Waals surface area contributed by atoms with Crippen LogP contribution in [0.2, 0.25) is 5.02 Å². The second-order valence-corrected chi connectivity index (χ2v) is 9.73. The van der Waals surface area contributed by atoms with Gasteiger partial charge in [0, 0.05) is 23.6 Å². The normalized spacial score (nSPS) is 19.5. The van der Waals surface area contributed by atoms with E-state index in [9.17, 15) is 14.0 Å². The molecule has 2 unspecified atom stereocenters. The number of hydrogen-bond donors (Lipinski definition) is 1. The molecule has 5 rings (SSSR count). The minimum atomic E-state index is -0.656. The summed E-state index contributed by atoms with van der Waals surface area (Å²) in [4.78, 5) is 29.4. The van der Waals surface area contributed by atoms with Gasteiger partial charge in [0.1, 0.15) is 11.1 Å². The van der Waals surface area contributed by atoms with E-state index in [1.54, 1.807) is 5.01 Å². The van der Waals surface area contributed by atoms with Crippen LogP contribution in [-0.4, -0.2) is 33.0 Å². The molecule has 3 aromatic carbocycles. The number of carbonyl (C=O) groups excluding carboxylic acids is 2. The Hall–Kier alpha value is -3.49. The van der Waals surface area contributed by atoms with E-state index in [4.69, 9.17) is 16.7 Å². The van der Waals surface area contributed by atoms with Crippen LogP contribution in [0.15, 0.2) is 89.0 Å². The number of amides is 2. The van der Waals surface area contributed by atoms with Crippen molar-refractivity contribution in [2.24, 2.45) is 10.1 Å². The number of hydrogen-bond acceptors (Lipinski definition) is 5. The Kier molecular flexibility index (Phi) is 6.66. The zero-order valence-electron chi connectivity index (χ0n) is 18.4. The van der Waals surface area contributed by atoms with Gasteiger partial charge in [-0.2, -0.15) is 10.1 Å². The largest absolute Gasteiger partial charge is 0.326 e. The molecule has 35 heavy (non-hydrogen) atoms. The van der Waals surface area contributed by atoms with Gasteiger partial charge >= 0.3 is 0 Å². The summed E-state index contributed by atoms with van der Waals surface area (Å²) in [6, 6.07) is 22.7.